The summed E-state index contributed by atoms with van der Waals surface area (Å²) in [7, 11) is 0. The molecule has 0 fully saturated rings. The van der Waals surface area contributed by atoms with Crippen molar-refractivity contribution in [3.05, 3.63) is 69.0 Å². The molecule has 0 radical (unpaired) electrons. The molecule has 0 saturated heterocycles. The monoisotopic (exact) mass is 358 g/mol. The number of aryl methyl sites for hydroxylation is 2. The van der Waals surface area contributed by atoms with E-state index in [0.29, 0.717) is 22.1 Å². The summed E-state index contributed by atoms with van der Waals surface area (Å²) in [5, 5.41) is 14.8. The van der Waals surface area contributed by atoms with Gasteiger partial charge in [0.1, 0.15) is 11.9 Å². The van der Waals surface area contributed by atoms with Crippen LogP contribution < -0.4 is 5.56 Å². The summed E-state index contributed by atoms with van der Waals surface area (Å²) in [6.07, 6.45) is 4.27. The molecule has 2 aromatic heterocycles. The lowest BCUT2D eigenvalue weighted by Gasteiger charge is -2.17. The molecule has 6 nitrogen and oxygen atoms in total. The van der Waals surface area contributed by atoms with Crippen LogP contribution in [0.15, 0.2) is 41.5 Å². The van der Waals surface area contributed by atoms with Crippen molar-refractivity contribution in [1.82, 2.24) is 19.7 Å². The highest BCUT2D eigenvalue weighted by atomic mass is 35.5. The number of aromatic nitrogens is 4. The molecule has 2 heterocycles. The van der Waals surface area contributed by atoms with Crippen LogP contribution in [0.5, 0.6) is 0 Å². The molecule has 3 rings (SSSR count). The maximum absolute atomic E-state index is 11.6. The Morgan fingerprint density at radius 1 is 1.36 bits per heavy atom. The number of hydrogen-bond acceptors (Lipinski definition) is 4. The number of rotatable bonds is 5. The zero-order chi connectivity index (χ0) is 18.0. The second-order valence-electron chi connectivity index (χ2n) is 5.83. The molecule has 0 aliphatic carbocycles. The van der Waals surface area contributed by atoms with Gasteiger partial charge in [-0.25, -0.2) is 4.98 Å². The molecule has 0 saturated carbocycles. The number of nitrogens with zero attached hydrogens (tertiary/aromatic N) is 3. The first-order valence-corrected chi connectivity index (χ1v) is 8.41. The van der Waals surface area contributed by atoms with Gasteiger partial charge in [-0.1, -0.05) is 30.7 Å². The maximum atomic E-state index is 11.6. The Hall–Kier alpha value is -2.44. The van der Waals surface area contributed by atoms with E-state index >= 15 is 0 Å². The van der Waals surface area contributed by atoms with Gasteiger partial charge in [0.25, 0.3) is 5.56 Å². The van der Waals surface area contributed by atoms with Gasteiger partial charge in [0.05, 0.1) is 18.5 Å². The third-order valence-corrected chi connectivity index (χ3v) is 4.41. The first-order valence-electron chi connectivity index (χ1n) is 8.03. The summed E-state index contributed by atoms with van der Waals surface area (Å²) < 4.78 is 1.64. The molecule has 7 heteroatoms. The number of H-pyrrole nitrogens is 1. The van der Waals surface area contributed by atoms with E-state index in [1.54, 1.807) is 24.0 Å². The zero-order valence-corrected chi connectivity index (χ0v) is 14.8. The van der Waals surface area contributed by atoms with Gasteiger partial charge in [0.15, 0.2) is 0 Å². The fourth-order valence-electron chi connectivity index (χ4n) is 2.75. The van der Waals surface area contributed by atoms with Gasteiger partial charge in [-0.2, -0.15) is 5.10 Å². The molecule has 3 aromatic rings. The summed E-state index contributed by atoms with van der Waals surface area (Å²) in [4.78, 5) is 18.6. The minimum atomic E-state index is -0.407. The zero-order valence-electron chi connectivity index (χ0n) is 14.0. The molecule has 1 aromatic carbocycles. The smallest absolute Gasteiger partial charge is 0.251 e. The van der Waals surface area contributed by atoms with E-state index in [0.717, 1.165) is 17.5 Å². The van der Waals surface area contributed by atoms with Crippen LogP contribution in [0.1, 0.15) is 29.9 Å². The molecule has 1 atom stereocenters. The molecule has 25 heavy (non-hydrogen) atoms. The summed E-state index contributed by atoms with van der Waals surface area (Å²) >= 11 is 6.39. The first kappa shape index (κ1) is 17.4. The molecule has 0 aliphatic heterocycles. The van der Waals surface area contributed by atoms with Gasteiger partial charge in [-0.05, 0) is 30.5 Å². The van der Waals surface area contributed by atoms with Gasteiger partial charge in [0.2, 0.25) is 0 Å². The highest BCUT2D eigenvalue weighted by molar-refractivity contribution is 6.31. The normalized spacial score (nSPS) is 12.3. The Balaban J connectivity index is 1.98. The quantitative estimate of drug-likeness (QED) is 0.734. The van der Waals surface area contributed by atoms with E-state index in [1.807, 2.05) is 18.2 Å². The second-order valence-corrected chi connectivity index (χ2v) is 6.24. The Labute approximate surface area is 150 Å². The number of hydrogen-bond donors (Lipinski definition) is 2. The number of aliphatic hydroxyl groups excluding tert-OH is 1. The largest absolute Gasteiger partial charge is 0.394 e. The van der Waals surface area contributed by atoms with Crippen molar-refractivity contribution in [1.29, 1.82) is 0 Å². The molecule has 1 unspecified atom stereocenters. The molecule has 0 aliphatic rings. The van der Waals surface area contributed by atoms with E-state index < -0.39 is 6.04 Å². The molecule has 0 spiro atoms. The van der Waals surface area contributed by atoms with Crippen LogP contribution in [0.2, 0.25) is 5.02 Å². The maximum Gasteiger partial charge on any atom is 0.251 e. The number of aliphatic hydroxyl groups is 1. The van der Waals surface area contributed by atoms with Crippen molar-refractivity contribution in [2.75, 3.05) is 6.61 Å². The second kappa shape index (κ2) is 7.21. The van der Waals surface area contributed by atoms with E-state index in [4.69, 9.17) is 11.6 Å². The summed E-state index contributed by atoms with van der Waals surface area (Å²) in [6.45, 7) is 3.64. The van der Waals surface area contributed by atoms with E-state index in [2.05, 4.69) is 22.0 Å². The third-order valence-electron chi connectivity index (χ3n) is 4.08. The van der Waals surface area contributed by atoms with Crippen molar-refractivity contribution in [3.8, 4) is 11.3 Å². The average Bonchev–Trinajstić information content (AvgIpc) is 3.06. The minimum absolute atomic E-state index is 0.145. The Morgan fingerprint density at radius 3 is 2.80 bits per heavy atom. The minimum Gasteiger partial charge on any atom is -0.394 e. The molecule has 0 bridgehead atoms. The van der Waals surface area contributed by atoms with Crippen LogP contribution in [-0.4, -0.2) is 31.5 Å². The number of halogens is 1. The van der Waals surface area contributed by atoms with E-state index in [-0.39, 0.29) is 12.2 Å². The Kier molecular flexibility index (Phi) is 5.01. The lowest BCUT2D eigenvalue weighted by Crippen LogP contribution is -2.16. The van der Waals surface area contributed by atoms with Crippen molar-refractivity contribution >= 4 is 11.6 Å². The summed E-state index contributed by atoms with van der Waals surface area (Å²) in [6, 6.07) is 6.83. The van der Waals surface area contributed by atoms with Gasteiger partial charge < -0.3 is 10.1 Å². The van der Waals surface area contributed by atoms with Crippen LogP contribution in [0.25, 0.3) is 11.3 Å². The Bertz CT molecular complexity index is 948. The van der Waals surface area contributed by atoms with Crippen LogP contribution in [0, 0.1) is 6.92 Å². The van der Waals surface area contributed by atoms with Crippen LogP contribution in [-0.2, 0) is 6.42 Å². The van der Waals surface area contributed by atoms with Crippen LogP contribution >= 0.6 is 11.6 Å². The third kappa shape index (κ3) is 3.65. The van der Waals surface area contributed by atoms with E-state index in [9.17, 15) is 9.90 Å². The standard InChI is InChI=1S/C18H19ClN4O2/c1-3-12-4-5-14(15(19)6-12)17(10-24)23-9-13(8-20-23)16-7-18(25)22-11(2)21-16/h4-9,17,24H,3,10H2,1-2H3,(H,21,22,25). The first-order chi connectivity index (χ1) is 12.0. The Morgan fingerprint density at radius 2 is 2.16 bits per heavy atom. The predicted octanol–water partition coefficient (Wildman–Crippen LogP) is 2.74. The van der Waals surface area contributed by atoms with Gasteiger partial charge in [-0.3, -0.25) is 9.48 Å². The van der Waals surface area contributed by atoms with Gasteiger partial charge in [-0.15, -0.1) is 0 Å². The van der Waals surface area contributed by atoms with Crippen molar-refractivity contribution < 1.29 is 5.11 Å². The molecular formula is C18H19ClN4O2. The topological polar surface area (TPSA) is 83.8 Å². The highest BCUT2D eigenvalue weighted by Gasteiger charge is 2.18. The summed E-state index contributed by atoms with van der Waals surface area (Å²) in [5.41, 5.74) is 2.96. The lowest BCUT2D eigenvalue weighted by atomic mass is 10.0. The SMILES string of the molecule is CCc1ccc(C(CO)n2cc(-c3cc(=O)[nH]c(C)n3)cn2)c(Cl)c1. The lowest BCUT2D eigenvalue weighted by molar-refractivity contribution is 0.241. The van der Waals surface area contributed by atoms with Crippen LogP contribution in [0.3, 0.4) is 0 Å². The summed E-state index contributed by atoms with van der Waals surface area (Å²) in [5.74, 6) is 0.534. The van der Waals surface area contributed by atoms with Crippen molar-refractivity contribution in [2.24, 2.45) is 0 Å². The fraction of sp³-hybridized carbons (Fsp3) is 0.278. The fourth-order valence-corrected chi connectivity index (χ4v) is 3.08. The van der Waals surface area contributed by atoms with Crippen molar-refractivity contribution in [3.63, 3.8) is 0 Å². The number of aromatic amines is 1. The van der Waals surface area contributed by atoms with Gasteiger partial charge in [0, 0.05) is 22.8 Å². The number of benzene rings is 1. The predicted molar refractivity (Wildman–Crippen MR) is 96.9 cm³/mol. The molecule has 0 amide bonds. The molecule has 130 valence electrons. The average molecular weight is 359 g/mol. The molecular weight excluding hydrogens is 340 g/mol. The van der Waals surface area contributed by atoms with Crippen molar-refractivity contribution in [2.45, 2.75) is 26.3 Å². The van der Waals surface area contributed by atoms with E-state index in [1.165, 1.54) is 6.07 Å². The van der Waals surface area contributed by atoms with Crippen LogP contribution in [0.4, 0.5) is 0 Å². The molecule has 2 N–H and O–H groups in total. The van der Waals surface area contributed by atoms with Gasteiger partial charge >= 0.3 is 0 Å². The number of nitrogens with one attached hydrogen (secondary N) is 1. The highest BCUT2D eigenvalue weighted by Crippen LogP contribution is 2.28.